The zero-order valence-electron chi connectivity index (χ0n) is 13.8. The van der Waals surface area contributed by atoms with Gasteiger partial charge in [0.25, 0.3) is 0 Å². The van der Waals surface area contributed by atoms with Crippen molar-refractivity contribution >= 4 is 22.6 Å². The van der Waals surface area contributed by atoms with Crippen LogP contribution < -0.4 is 27.5 Å². The van der Waals surface area contributed by atoms with Gasteiger partial charge in [0, 0.05) is 18.5 Å². The lowest BCUT2D eigenvalue weighted by molar-refractivity contribution is 0.162. The molecular formula is C16H31IN6. The normalized spacial score (nSPS) is 46.2. The summed E-state index contributed by atoms with van der Waals surface area (Å²) in [5.41, 5.74) is 19.9. The fourth-order valence-electron chi connectivity index (χ4n) is 5.08. The van der Waals surface area contributed by atoms with Crippen molar-refractivity contribution in [1.82, 2.24) is 26.8 Å². The third-order valence-electron chi connectivity index (χ3n) is 6.50. The van der Waals surface area contributed by atoms with Gasteiger partial charge in [-0.25, -0.2) is 15.9 Å². The van der Waals surface area contributed by atoms with Gasteiger partial charge in [-0.1, -0.05) is 41.9 Å². The minimum atomic E-state index is 0.133. The smallest absolute Gasteiger partial charge is 0.0940 e. The highest BCUT2D eigenvalue weighted by Crippen LogP contribution is 2.37. The predicted molar refractivity (Wildman–Crippen MR) is 100 cm³/mol. The van der Waals surface area contributed by atoms with Gasteiger partial charge in [0.05, 0.1) is 16.3 Å². The molecule has 0 aromatic rings. The van der Waals surface area contributed by atoms with E-state index < -0.39 is 0 Å². The van der Waals surface area contributed by atoms with Gasteiger partial charge < -0.3 is 5.73 Å². The van der Waals surface area contributed by atoms with Crippen molar-refractivity contribution in [3.8, 4) is 0 Å². The molecule has 0 aromatic carbocycles. The van der Waals surface area contributed by atoms with Crippen LogP contribution in [-0.2, 0) is 0 Å². The molecule has 6 N–H and O–H groups in total. The summed E-state index contributed by atoms with van der Waals surface area (Å²) in [6, 6.07) is 1.08. The van der Waals surface area contributed by atoms with Crippen LogP contribution in [0, 0.1) is 17.8 Å². The number of nitrogens with one attached hydrogen (secondary N) is 4. The van der Waals surface area contributed by atoms with E-state index in [0.717, 1.165) is 11.8 Å². The van der Waals surface area contributed by atoms with Crippen LogP contribution in [-0.4, -0.2) is 33.9 Å². The van der Waals surface area contributed by atoms with Crippen molar-refractivity contribution in [2.45, 2.75) is 73.7 Å². The molecular weight excluding hydrogens is 403 g/mol. The maximum atomic E-state index is 6.13. The number of hydrazine groups is 3. The Balaban J connectivity index is 1.32. The minimum Gasteiger partial charge on any atom is -0.315 e. The number of fused-ring (bicyclic) bond motifs is 1. The van der Waals surface area contributed by atoms with Gasteiger partial charge in [-0.2, -0.15) is 5.53 Å². The van der Waals surface area contributed by atoms with Crippen LogP contribution in [0.1, 0.15) is 51.4 Å². The third-order valence-corrected chi connectivity index (χ3v) is 7.94. The number of alkyl halides is 1. The van der Waals surface area contributed by atoms with Gasteiger partial charge in [0.15, 0.2) is 0 Å². The zero-order valence-corrected chi connectivity index (χ0v) is 16.0. The number of hydrogen-bond acceptors (Lipinski definition) is 6. The molecule has 2 saturated carbocycles. The SMILES string of the molecule is NC1NNC2CC(C3NNN(CC4CCCCC4)C3I)CCC12. The molecule has 4 aliphatic rings. The maximum absolute atomic E-state index is 6.13. The summed E-state index contributed by atoms with van der Waals surface area (Å²) >= 11 is 2.64. The lowest BCUT2D eigenvalue weighted by Gasteiger charge is -2.36. The van der Waals surface area contributed by atoms with Crippen molar-refractivity contribution in [3.05, 3.63) is 0 Å². The first-order valence-electron chi connectivity index (χ1n) is 9.41. The fourth-order valence-corrected chi connectivity index (χ4v) is 6.21. The van der Waals surface area contributed by atoms with Crippen LogP contribution in [0.3, 0.4) is 0 Å². The summed E-state index contributed by atoms with van der Waals surface area (Å²) < 4.78 is 0.541. The van der Waals surface area contributed by atoms with Gasteiger partial charge in [-0.15, -0.1) is 0 Å². The molecule has 0 spiro atoms. The van der Waals surface area contributed by atoms with E-state index in [2.05, 4.69) is 49.4 Å². The highest BCUT2D eigenvalue weighted by molar-refractivity contribution is 14.1. The average Bonchev–Trinajstić information content (AvgIpc) is 3.12. The molecule has 2 saturated heterocycles. The second-order valence-corrected chi connectivity index (χ2v) is 9.25. The molecule has 6 unspecified atom stereocenters. The first-order chi connectivity index (χ1) is 11.2. The Morgan fingerprint density at radius 3 is 2.65 bits per heavy atom. The Morgan fingerprint density at radius 2 is 1.83 bits per heavy atom. The van der Waals surface area contributed by atoms with Crippen LogP contribution in [0.2, 0.25) is 0 Å². The van der Waals surface area contributed by atoms with E-state index in [1.165, 1.54) is 57.9 Å². The number of nitrogens with zero attached hydrogens (tertiary/aromatic N) is 1. The van der Waals surface area contributed by atoms with Crippen molar-refractivity contribution < 1.29 is 0 Å². The largest absolute Gasteiger partial charge is 0.315 e. The van der Waals surface area contributed by atoms with Crippen molar-refractivity contribution in [2.75, 3.05) is 6.54 Å². The molecule has 0 amide bonds. The summed E-state index contributed by atoms with van der Waals surface area (Å²) in [6.07, 6.45) is 11.0. The highest BCUT2D eigenvalue weighted by atomic mass is 127. The monoisotopic (exact) mass is 434 g/mol. The van der Waals surface area contributed by atoms with Gasteiger partial charge in [0.1, 0.15) is 0 Å². The summed E-state index contributed by atoms with van der Waals surface area (Å²) in [5, 5.41) is 2.46. The maximum Gasteiger partial charge on any atom is 0.0940 e. The quantitative estimate of drug-likeness (QED) is 0.261. The lowest BCUT2D eigenvalue weighted by atomic mass is 9.75. The van der Waals surface area contributed by atoms with Gasteiger partial charge in [-0.05, 0) is 43.9 Å². The summed E-state index contributed by atoms with van der Waals surface area (Å²) in [7, 11) is 0. The molecule has 132 valence electrons. The van der Waals surface area contributed by atoms with Crippen LogP contribution in [0.4, 0.5) is 0 Å². The van der Waals surface area contributed by atoms with E-state index in [1.807, 2.05) is 0 Å². The van der Waals surface area contributed by atoms with E-state index in [4.69, 9.17) is 5.73 Å². The molecule has 2 aliphatic carbocycles. The summed E-state index contributed by atoms with van der Waals surface area (Å²) in [5.74, 6) is 2.21. The predicted octanol–water partition coefficient (Wildman–Crippen LogP) is 1.20. The van der Waals surface area contributed by atoms with Gasteiger partial charge >= 0.3 is 0 Å². The standard InChI is InChI=1S/C16H31IN6/c17-15-14(11-6-7-12-13(8-11)19-21-16(12)18)20-22-23(15)9-10-4-2-1-3-5-10/h10-16,19-22H,1-9,18H2. The molecule has 0 bridgehead atoms. The molecule has 0 radical (unpaired) electrons. The Bertz CT molecular complexity index is 404. The summed E-state index contributed by atoms with van der Waals surface area (Å²) in [6.45, 7) is 1.19. The average molecular weight is 434 g/mol. The number of rotatable bonds is 3. The van der Waals surface area contributed by atoms with Crippen molar-refractivity contribution in [1.29, 1.82) is 0 Å². The summed E-state index contributed by atoms with van der Waals surface area (Å²) in [4.78, 5) is 0. The third kappa shape index (κ3) is 3.56. The van der Waals surface area contributed by atoms with E-state index in [1.54, 1.807) is 0 Å². The Labute approximate surface area is 153 Å². The van der Waals surface area contributed by atoms with Crippen molar-refractivity contribution in [2.24, 2.45) is 23.5 Å². The second kappa shape index (κ2) is 7.39. The van der Waals surface area contributed by atoms with E-state index in [-0.39, 0.29) is 6.17 Å². The Kier molecular flexibility index (Phi) is 5.44. The lowest BCUT2D eigenvalue weighted by Crippen LogP contribution is -2.46. The Hall–Kier alpha value is 0.490. The fraction of sp³-hybridized carbons (Fsp3) is 1.00. The number of hydrogen-bond donors (Lipinski definition) is 5. The first kappa shape index (κ1) is 16.9. The van der Waals surface area contributed by atoms with Crippen LogP contribution in [0.15, 0.2) is 0 Å². The molecule has 6 nitrogen and oxygen atoms in total. The zero-order chi connectivity index (χ0) is 15.8. The van der Waals surface area contributed by atoms with E-state index in [9.17, 15) is 0 Å². The number of halogens is 1. The molecule has 4 rings (SSSR count). The van der Waals surface area contributed by atoms with Crippen LogP contribution >= 0.6 is 22.6 Å². The van der Waals surface area contributed by atoms with Gasteiger partial charge in [0.2, 0.25) is 0 Å². The molecule has 4 fully saturated rings. The van der Waals surface area contributed by atoms with E-state index >= 15 is 0 Å². The second-order valence-electron chi connectivity index (χ2n) is 7.97. The molecule has 7 heteroatoms. The Morgan fingerprint density at radius 1 is 1.00 bits per heavy atom. The van der Waals surface area contributed by atoms with Gasteiger partial charge in [-0.3, -0.25) is 5.43 Å². The van der Waals surface area contributed by atoms with Crippen LogP contribution in [0.5, 0.6) is 0 Å². The number of nitrogens with two attached hydrogens (primary N) is 1. The van der Waals surface area contributed by atoms with E-state index in [0.29, 0.717) is 22.1 Å². The topological polar surface area (TPSA) is 77.4 Å². The molecule has 0 aromatic heterocycles. The highest BCUT2D eigenvalue weighted by Gasteiger charge is 2.44. The minimum absolute atomic E-state index is 0.133. The molecule has 2 aliphatic heterocycles. The van der Waals surface area contributed by atoms with Crippen molar-refractivity contribution in [3.63, 3.8) is 0 Å². The molecule has 2 heterocycles. The molecule has 23 heavy (non-hydrogen) atoms. The first-order valence-corrected chi connectivity index (χ1v) is 10.7. The van der Waals surface area contributed by atoms with Crippen LogP contribution in [0.25, 0.3) is 0 Å². The molecule has 6 atom stereocenters.